The summed E-state index contributed by atoms with van der Waals surface area (Å²) in [5.74, 6) is -8.71. The van der Waals surface area contributed by atoms with Crippen LogP contribution in [0.25, 0.3) is 0 Å². The molecule has 4 rings (SSSR count). The highest BCUT2D eigenvalue weighted by atomic mass is 16.6. The average molecular weight is 1040 g/mol. The monoisotopic (exact) mass is 1040 g/mol. The molecule has 3 saturated heterocycles. The van der Waals surface area contributed by atoms with Crippen LogP contribution in [0.1, 0.15) is 126 Å². The summed E-state index contributed by atoms with van der Waals surface area (Å²) in [5, 5.41) is 23.3. The molecule has 1 aromatic carbocycles. The van der Waals surface area contributed by atoms with E-state index in [1.165, 1.54) is 49.8 Å². The number of nitrogens with zero attached hydrogens (tertiary/aromatic N) is 3. The van der Waals surface area contributed by atoms with Gasteiger partial charge in [-0.05, 0) is 100 Å². The quantitative estimate of drug-likeness (QED) is 0.133. The summed E-state index contributed by atoms with van der Waals surface area (Å²) in [6.45, 7) is 17.9. The lowest BCUT2D eigenvalue weighted by Crippen LogP contribution is -2.62. The molecular weight excluding hydrogens is 955 g/mol. The normalized spacial score (nSPS) is 28.3. The predicted octanol–water partition coefficient (Wildman–Crippen LogP) is 2.70. The van der Waals surface area contributed by atoms with Crippen molar-refractivity contribution in [2.45, 2.75) is 188 Å². The van der Waals surface area contributed by atoms with Gasteiger partial charge in [-0.15, -0.1) is 0 Å². The van der Waals surface area contributed by atoms with Gasteiger partial charge in [0.25, 0.3) is 0 Å². The lowest BCUT2D eigenvalue weighted by molar-refractivity contribution is -0.163. The van der Waals surface area contributed by atoms with E-state index in [0.717, 1.165) is 6.42 Å². The second-order valence-corrected chi connectivity index (χ2v) is 21.7. The van der Waals surface area contributed by atoms with Gasteiger partial charge in [-0.3, -0.25) is 38.4 Å². The minimum absolute atomic E-state index is 0.0893. The molecule has 74 heavy (non-hydrogen) atoms. The minimum Gasteiger partial charge on any atom is -0.497 e. The average Bonchev–Trinajstić information content (AvgIpc) is 4.09. The van der Waals surface area contributed by atoms with Gasteiger partial charge >= 0.3 is 11.9 Å². The molecule has 3 aliphatic heterocycles. The van der Waals surface area contributed by atoms with Crippen molar-refractivity contribution in [2.24, 2.45) is 29.6 Å². The van der Waals surface area contributed by atoms with E-state index in [-0.39, 0.29) is 50.0 Å². The number of nitrogens with one attached hydrogen (secondary N) is 4. The van der Waals surface area contributed by atoms with Crippen LogP contribution in [-0.4, -0.2) is 168 Å². The highest BCUT2D eigenvalue weighted by Gasteiger charge is 2.45. The van der Waals surface area contributed by atoms with Gasteiger partial charge in [-0.2, -0.15) is 0 Å². The summed E-state index contributed by atoms with van der Waals surface area (Å²) in [7, 11) is 4.46. The maximum absolute atomic E-state index is 14.9. The molecule has 20 heteroatoms. The molecule has 5 N–H and O–H groups in total. The van der Waals surface area contributed by atoms with Gasteiger partial charge in [0.05, 0.1) is 37.6 Å². The number of ketones is 1. The van der Waals surface area contributed by atoms with E-state index in [9.17, 15) is 48.3 Å². The Kier molecular flexibility index (Phi) is 22.9. The first-order valence-electron chi connectivity index (χ1n) is 26.5. The number of aliphatic hydroxyl groups is 1. The SMILES string of the molecule is CC[C@H](C)C1NC(=O)C(NC(=O)[C@@H](CC(C)C)N(C)C(=O)[C@@H]2CCCN2)[C@@H](C)OC(=O)C(Cc2ccc(OC)cc2)N(C)C(=O)[C@@H]2CCCN2C(=O)C(CC(C)C)NC(=O)[C@@H](C)C(=O)C(C(C)C)OC(=O)C[C@@H]1O. The predicted molar refractivity (Wildman–Crippen MR) is 275 cm³/mol. The Hall–Kier alpha value is -5.63. The van der Waals surface area contributed by atoms with Crippen molar-refractivity contribution in [1.82, 2.24) is 36.0 Å². The molecule has 12 atom stereocenters. The van der Waals surface area contributed by atoms with Crippen LogP contribution in [-0.2, 0) is 59.0 Å². The molecule has 5 unspecified atom stereocenters. The standard InChI is InChI=1S/C54H85N7O13/c1-14-32(8)44-42(62)28-43(63)74-47(31(6)7)46(64)33(9)48(65)56-38(25-29(2)3)52(69)61-24-16-18-39(61)53(70)60(12)41(27-35-19-21-36(72-13)22-20-35)54(71)73-34(10)45(50(67)57-44)58-49(66)40(26-30(4)5)59(11)51(68)37-17-15-23-55-37/h19-22,29-34,37-42,44-45,47,55,62H,14-18,23-28H2,1-13H3,(H,56,65)(H,57,67)(H,58,66)/t32-,33-,34+,37-,38?,39-,40+,41?,42-,44?,45?,47?/m0/s1. The Morgan fingerprint density at radius 2 is 1.55 bits per heavy atom. The van der Waals surface area contributed by atoms with Crippen LogP contribution in [0.2, 0.25) is 0 Å². The second kappa shape index (κ2) is 27.8. The molecule has 20 nitrogen and oxygen atoms in total. The van der Waals surface area contributed by atoms with Gasteiger partial charge in [-0.1, -0.05) is 73.9 Å². The Labute approximate surface area is 437 Å². The van der Waals surface area contributed by atoms with Gasteiger partial charge in [0.2, 0.25) is 35.4 Å². The lowest BCUT2D eigenvalue weighted by Gasteiger charge is -2.36. The number of methoxy groups -OCH3 is 1. The molecule has 0 radical (unpaired) electrons. The number of cyclic esters (lactones) is 2. The van der Waals surface area contributed by atoms with E-state index in [2.05, 4.69) is 21.3 Å². The summed E-state index contributed by atoms with van der Waals surface area (Å²) in [6, 6.07) is -1.16. The maximum atomic E-state index is 14.9. The molecule has 0 aliphatic carbocycles. The fourth-order valence-electron chi connectivity index (χ4n) is 9.90. The molecule has 0 saturated carbocycles. The highest BCUT2D eigenvalue weighted by Crippen LogP contribution is 2.26. The number of carbonyl (C=O) groups excluding carboxylic acids is 9. The van der Waals surface area contributed by atoms with Crippen molar-refractivity contribution in [3.05, 3.63) is 29.8 Å². The van der Waals surface area contributed by atoms with E-state index >= 15 is 0 Å². The van der Waals surface area contributed by atoms with Gasteiger partial charge in [0, 0.05) is 27.1 Å². The second-order valence-electron chi connectivity index (χ2n) is 21.7. The molecule has 3 fully saturated rings. The summed E-state index contributed by atoms with van der Waals surface area (Å²) in [5.41, 5.74) is 0.604. The molecule has 3 aliphatic rings. The number of rotatable bonds is 14. The third kappa shape index (κ3) is 15.9. The van der Waals surface area contributed by atoms with Crippen LogP contribution in [0.3, 0.4) is 0 Å². The zero-order valence-corrected chi connectivity index (χ0v) is 45.9. The maximum Gasteiger partial charge on any atom is 0.329 e. The Balaban J connectivity index is 1.88. The Morgan fingerprint density at radius 3 is 2.12 bits per heavy atom. The number of amides is 6. The number of hydrogen-bond donors (Lipinski definition) is 5. The molecule has 3 heterocycles. The summed E-state index contributed by atoms with van der Waals surface area (Å²) < 4.78 is 17.2. The van der Waals surface area contributed by atoms with E-state index < -0.39 is 132 Å². The molecule has 414 valence electrons. The molecular formula is C54H85N7O13. The third-order valence-electron chi connectivity index (χ3n) is 14.7. The van der Waals surface area contributed by atoms with Crippen molar-refractivity contribution in [2.75, 3.05) is 34.3 Å². The summed E-state index contributed by atoms with van der Waals surface area (Å²) in [6.07, 6.45) is -2.50. The van der Waals surface area contributed by atoms with Crippen LogP contribution in [0, 0.1) is 29.6 Å². The van der Waals surface area contributed by atoms with Crippen molar-refractivity contribution >= 4 is 53.2 Å². The van der Waals surface area contributed by atoms with E-state index in [4.69, 9.17) is 14.2 Å². The number of esters is 2. The fraction of sp³-hybridized carbons (Fsp3) is 0.722. The van der Waals surface area contributed by atoms with E-state index in [1.807, 2.05) is 34.6 Å². The zero-order chi connectivity index (χ0) is 55.3. The highest BCUT2D eigenvalue weighted by molar-refractivity contribution is 6.05. The number of aliphatic hydroxyl groups excluding tert-OH is 1. The number of ether oxygens (including phenoxy) is 3. The number of Topliss-reactive ketones (excluding diaryl/α,β-unsaturated/α-hetero) is 1. The molecule has 0 bridgehead atoms. The minimum atomic E-state index is -1.67. The summed E-state index contributed by atoms with van der Waals surface area (Å²) in [4.78, 5) is 133. The Morgan fingerprint density at radius 1 is 0.892 bits per heavy atom. The molecule has 0 aromatic heterocycles. The van der Waals surface area contributed by atoms with Crippen molar-refractivity contribution in [3.8, 4) is 5.75 Å². The van der Waals surface area contributed by atoms with Crippen LogP contribution in [0.4, 0.5) is 0 Å². The first-order valence-corrected chi connectivity index (χ1v) is 26.5. The van der Waals surface area contributed by atoms with Gasteiger partial charge in [0.1, 0.15) is 42.1 Å². The number of likely N-dealkylation sites (N-methyl/N-ethyl adjacent to an activating group) is 2. The van der Waals surface area contributed by atoms with Gasteiger partial charge in [-0.25, -0.2) is 4.79 Å². The van der Waals surface area contributed by atoms with Crippen LogP contribution >= 0.6 is 0 Å². The largest absolute Gasteiger partial charge is 0.497 e. The fourth-order valence-corrected chi connectivity index (χ4v) is 9.90. The number of hydrogen-bond acceptors (Lipinski definition) is 14. The smallest absolute Gasteiger partial charge is 0.329 e. The van der Waals surface area contributed by atoms with Crippen LogP contribution in [0.15, 0.2) is 24.3 Å². The zero-order valence-electron chi connectivity index (χ0n) is 45.9. The van der Waals surface area contributed by atoms with Crippen LogP contribution < -0.4 is 26.0 Å². The van der Waals surface area contributed by atoms with Gasteiger partial charge in [0.15, 0.2) is 11.9 Å². The van der Waals surface area contributed by atoms with Gasteiger partial charge < -0.3 is 55.3 Å². The molecule has 6 amide bonds. The van der Waals surface area contributed by atoms with Crippen molar-refractivity contribution in [3.63, 3.8) is 0 Å². The topological polar surface area (TPSA) is 259 Å². The first kappa shape index (κ1) is 60.9. The molecule has 0 spiro atoms. The lowest BCUT2D eigenvalue weighted by atomic mass is 9.91. The van der Waals surface area contributed by atoms with Crippen molar-refractivity contribution < 1.29 is 62.5 Å². The van der Waals surface area contributed by atoms with Crippen LogP contribution in [0.5, 0.6) is 5.75 Å². The molecule has 1 aromatic rings. The number of benzene rings is 1. The van der Waals surface area contributed by atoms with E-state index in [1.54, 1.807) is 45.0 Å². The number of carbonyl (C=O) groups is 9. The number of fused-ring (bicyclic) bond motifs is 1. The first-order chi connectivity index (χ1) is 34.8. The van der Waals surface area contributed by atoms with E-state index in [0.29, 0.717) is 37.1 Å². The Bertz CT molecular complexity index is 2130. The summed E-state index contributed by atoms with van der Waals surface area (Å²) >= 11 is 0. The third-order valence-corrected chi connectivity index (χ3v) is 14.7. The van der Waals surface area contributed by atoms with Crippen molar-refractivity contribution in [1.29, 1.82) is 0 Å².